The number of carbonyl (C=O) groups excluding carboxylic acids is 1. The molecule has 0 saturated carbocycles. The van der Waals surface area contributed by atoms with Crippen molar-refractivity contribution in [2.45, 2.75) is 13.0 Å². The second-order valence-electron chi connectivity index (χ2n) is 4.81. The van der Waals surface area contributed by atoms with E-state index in [1.54, 1.807) is 13.2 Å². The van der Waals surface area contributed by atoms with Crippen LogP contribution in [0, 0.1) is 0 Å². The molecule has 0 saturated heterocycles. The maximum atomic E-state index is 11.9. The van der Waals surface area contributed by atoms with E-state index in [9.17, 15) is 13.2 Å². The Morgan fingerprint density at radius 2 is 2.15 bits per heavy atom. The second-order valence-corrected chi connectivity index (χ2v) is 7.07. The molecule has 6 nitrogen and oxygen atoms in total. The van der Waals surface area contributed by atoms with Crippen LogP contribution in [0.5, 0.6) is 0 Å². The lowest BCUT2D eigenvalue weighted by Crippen LogP contribution is -2.28. The SMILES string of the molecule is CN(Cc1cnc2ccccn12)C(=O)CCS(C)(=O)=O. The summed E-state index contributed by atoms with van der Waals surface area (Å²) in [4.78, 5) is 17.6. The highest BCUT2D eigenvalue weighted by Crippen LogP contribution is 2.09. The summed E-state index contributed by atoms with van der Waals surface area (Å²) in [7, 11) is -1.45. The average Bonchev–Trinajstić information content (AvgIpc) is 2.78. The van der Waals surface area contributed by atoms with Crippen LogP contribution < -0.4 is 0 Å². The molecule has 108 valence electrons. The van der Waals surface area contributed by atoms with E-state index in [1.165, 1.54) is 4.90 Å². The van der Waals surface area contributed by atoms with Crippen molar-refractivity contribution in [3.63, 3.8) is 0 Å². The number of hydrogen-bond acceptors (Lipinski definition) is 4. The number of fused-ring (bicyclic) bond motifs is 1. The first-order valence-electron chi connectivity index (χ1n) is 6.19. The molecule has 0 aliphatic carbocycles. The van der Waals surface area contributed by atoms with Crippen LogP contribution in [-0.4, -0.2) is 47.7 Å². The fraction of sp³-hybridized carbons (Fsp3) is 0.385. The summed E-state index contributed by atoms with van der Waals surface area (Å²) in [5, 5.41) is 0. The number of nitrogens with zero attached hydrogens (tertiary/aromatic N) is 3. The highest BCUT2D eigenvalue weighted by atomic mass is 32.2. The van der Waals surface area contributed by atoms with Crippen LogP contribution in [0.4, 0.5) is 0 Å². The zero-order valence-corrected chi connectivity index (χ0v) is 12.3. The van der Waals surface area contributed by atoms with Crippen LogP contribution in [0.2, 0.25) is 0 Å². The molecule has 0 aromatic carbocycles. The lowest BCUT2D eigenvalue weighted by Gasteiger charge is -2.16. The number of sulfone groups is 1. The molecule has 0 aliphatic rings. The fourth-order valence-electron chi connectivity index (χ4n) is 1.90. The van der Waals surface area contributed by atoms with Crippen molar-refractivity contribution in [3.05, 3.63) is 36.3 Å². The third kappa shape index (κ3) is 3.57. The smallest absolute Gasteiger partial charge is 0.223 e. The van der Waals surface area contributed by atoms with Crippen molar-refractivity contribution < 1.29 is 13.2 Å². The number of carbonyl (C=O) groups is 1. The van der Waals surface area contributed by atoms with E-state index in [1.807, 2.05) is 28.8 Å². The first kappa shape index (κ1) is 14.5. The Labute approximate surface area is 118 Å². The Morgan fingerprint density at radius 3 is 2.85 bits per heavy atom. The maximum Gasteiger partial charge on any atom is 0.223 e. The molecule has 2 aromatic rings. The minimum absolute atomic E-state index is 0.00602. The largest absolute Gasteiger partial charge is 0.340 e. The fourth-order valence-corrected chi connectivity index (χ4v) is 2.44. The van der Waals surface area contributed by atoms with Crippen molar-refractivity contribution in [2.75, 3.05) is 19.1 Å². The summed E-state index contributed by atoms with van der Waals surface area (Å²) in [6, 6.07) is 5.67. The van der Waals surface area contributed by atoms with Gasteiger partial charge in [0.05, 0.1) is 24.2 Å². The lowest BCUT2D eigenvalue weighted by molar-refractivity contribution is -0.130. The van der Waals surface area contributed by atoms with Gasteiger partial charge in [0.1, 0.15) is 15.5 Å². The van der Waals surface area contributed by atoms with Gasteiger partial charge in [-0.3, -0.25) is 4.79 Å². The van der Waals surface area contributed by atoms with Crippen molar-refractivity contribution in [1.29, 1.82) is 0 Å². The summed E-state index contributed by atoms with van der Waals surface area (Å²) in [5.74, 6) is -0.315. The van der Waals surface area contributed by atoms with Crippen LogP contribution >= 0.6 is 0 Å². The lowest BCUT2D eigenvalue weighted by atomic mass is 10.3. The average molecular weight is 295 g/mol. The van der Waals surface area contributed by atoms with Crippen LogP contribution in [0.25, 0.3) is 5.65 Å². The molecule has 0 fully saturated rings. The molecule has 0 N–H and O–H groups in total. The van der Waals surface area contributed by atoms with Gasteiger partial charge in [-0.2, -0.15) is 0 Å². The highest BCUT2D eigenvalue weighted by Gasteiger charge is 2.14. The predicted octanol–water partition coefficient (Wildman–Crippen LogP) is 0.727. The molecule has 2 aromatic heterocycles. The minimum Gasteiger partial charge on any atom is -0.340 e. The molecule has 0 aliphatic heterocycles. The second kappa shape index (κ2) is 5.62. The molecule has 7 heteroatoms. The summed E-state index contributed by atoms with van der Waals surface area (Å²) in [6.07, 6.45) is 4.74. The summed E-state index contributed by atoms with van der Waals surface area (Å²) in [6.45, 7) is 0.397. The van der Waals surface area contributed by atoms with Crippen molar-refractivity contribution in [3.8, 4) is 0 Å². The van der Waals surface area contributed by atoms with Crippen LogP contribution in [0.1, 0.15) is 12.1 Å². The molecule has 0 bridgehead atoms. The Bertz CT molecular complexity index is 721. The number of imidazole rings is 1. The van der Waals surface area contributed by atoms with Gasteiger partial charge in [-0.15, -0.1) is 0 Å². The van der Waals surface area contributed by atoms with E-state index in [0.717, 1.165) is 17.6 Å². The van der Waals surface area contributed by atoms with Crippen LogP contribution in [0.3, 0.4) is 0 Å². The van der Waals surface area contributed by atoms with Gasteiger partial charge in [-0.05, 0) is 12.1 Å². The number of hydrogen-bond donors (Lipinski definition) is 0. The van der Waals surface area contributed by atoms with Crippen molar-refractivity contribution in [1.82, 2.24) is 14.3 Å². The molecule has 1 amide bonds. The Morgan fingerprint density at radius 1 is 1.40 bits per heavy atom. The van der Waals surface area contributed by atoms with Crippen molar-refractivity contribution in [2.24, 2.45) is 0 Å². The van der Waals surface area contributed by atoms with Gasteiger partial charge in [0.2, 0.25) is 5.91 Å². The normalized spacial score (nSPS) is 11.7. The summed E-state index contributed by atoms with van der Waals surface area (Å²) in [5.41, 5.74) is 1.70. The van der Waals surface area contributed by atoms with Gasteiger partial charge in [-0.1, -0.05) is 6.07 Å². The Kier molecular flexibility index (Phi) is 4.08. The minimum atomic E-state index is -3.11. The predicted molar refractivity (Wildman–Crippen MR) is 76.0 cm³/mol. The van der Waals surface area contributed by atoms with Gasteiger partial charge in [0, 0.05) is 25.9 Å². The summed E-state index contributed by atoms with van der Waals surface area (Å²) >= 11 is 0. The van der Waals surface area contributed by atoms with Gasteiger partial charge < -0.3 is 9.30 Å². The van der Waals surface area contributed by atoms with E-state index in [-0.39, 0.29) is 18.1 Å². The van der Waals surface area contributed by atoms with Gasteiger partial charge >= 0.3 is 0 Å². The van der Waals surface area contributed by atoms with E-state index in [2.05, 4.69) is 4.98 Å². The zero-order valence-electron chi connectivity index (χ0n) is 11.5. The van der Waals surface area contributed by atoms with E-state index >= 15 is 0 Å². The van der Waals surface area contributed by atoms with Crippen LogP contribution in [-0.2, 0) is 21.2 Å². The molecule has 0 spiro atoms. The van der Waals surface area contributed by atoms with Gasteiger partial charge in [0.25, 0.3) is 0 Å². The molecular weight excluding hydrogens is 278 g/mol. The Hall–Kier alpha value is -1.89. The topological polar surface area (TPSA) is 71.8 Å². The number of pyridine rings is 1. The quantitative estimate of drug-likeness (QED) is 0.815. The van der Waals surface area contributed by atoms with Gasteiger partial charge in [0.15, 0.2) is 0 Å². The standard InChI is InChI=1S/C13H17N3O3S/c1-15(13(17)6-8-20(2,18)19)10-11-9-14-12-5-3-4-7-16(11)12/h3-5,7,9H,6,8,10H2,1-2H3. The van der Waals surface area contributed by atoms with E-state index in [0.29, 0.717) is 6.54 Å². The molecule has 20 heavy (non-hydrogen) atoms. The molecule has 0 unspecified atom stereocenters. The molecule has 0 atom stereocenters. The molecule has 2 rings (SSSR count). The third-order valence-electron chi connectivity index (χ3n) is 3.01. The number of rotatable bonds is 5. The first-order chi connectivity index (χ1) is 9.37. The van der Waals surface area contributed by atoms with Gasteiger partial charge in [-0.25, -0.2) is 13.4 Å². The summed E-state index contributed by atoms with van der Waals surface area (Å²) < 4.78 is 24.0. The first-order valence-corrected chi connectivity index (χ1v) is 8.25. The van der Waals surface area contributed by atoms with E-state index < -0.39 is 9.84 Å². The molecule has 2 heterocycles. The number of amides is 1. The Balaban J connectivity index is 2.04. The molecular formula is C13H17N3O3S. The van der Waals surface area contributed by atoms with Crippen LogP contribution in [0.15, 0.2) is 30.6 Å². The highest BCUT2D eigenvalue weighted by molar-refractivity contribution is 7.90. The molecule has 0 radical (unpaired) electrons. The monoisotopic (exact) mass is 295 g/mol. The zero-order chi connectivity index (χ0) is 14.8. The number of aromatic nitrogens is 2. The third-order valence-corrected chi connectivity index (χ3v) is 3.95. The van der Waals surface area contributed by atoms with E-state index in [4.69, 9.17) is 0 Å². The maximum absolute atomic E-state index is 11.9. The van der Waals surface area contributed by atoms with Crippen molar-refractivity contribution >= 4 is 21.4 Å².